The molecule has 218 valence electrons. The first kappa shape index (κ1) is 30.1. The third-order valence-corrected chi connectivity index (χ3v) is 7.53. The number of hydrogen-bond donors (Lipinski definition) is 4. The van der Waals surface area contributed by atoms with E-state index in [0.29, 0.717) is 48.3 Å². The van der Waals surface area contributed by atoms with Crippen LogP contribution in [0.15, 0.2) is 71.3 Å². The Morgan fingerprint density at radius 2 is 1.98 bits per heavy atom. The Bertz CT molecular complexity index is 1270. The topological polar surface area (TPSA) is 161 Å². The van der Waals surface area contributed by atoms with Crippen LogP contribution in [0.5, 0.6) is 5.75 Å². The number of aliphatic imine (C=N–C) groups is 1. The van der Waals surface area contributed by atoms with Gasteiger partial charge < -0.3 is 19.7 Å². The summed E-state index contributed by atoms with van der Waals surface area (Å²) in [6.45, 7) is 4.64. The van der Waals surface area contributed by atoms with E-state index in [1.54, 1.807) is 30.3 Å². The molecule has 41 heavy (non-hydrogen) atoms. The maximum absolute atomic E-state index is 14.0. The molecule has 1 heterocycles. The summed E-state index contributed by atoms with van der Waals surface area (Å²) in [5.41, 5.74) is 14.4. The number of rotatable bonds is 14. The number of carbonyl (C=O) groups excluding carboxylic acids is 1. The highest BCUT2D eigenvalue weighted by Gasteiger charge is 2.53. The maximum Gasteiger partial charge on any atom is 0.266 e. The molecule has 0 radical (unpaired) electrons. The highest BCUT2D eigenvalue weighted by molar-refractivity contribution is 6.01. The summed E-state index contributed by atoms with van der Waals surface area (Å²) in [7, 11) is 0. The number of hydrogen-bond acceptors (Lipinski definition) is 8. The summed E-state index contributed by atoms with van der Waals surface area (Å²) in [6.07, 6.45) is 5.82. The van der Waals surface area contributed by atoms with Gasteiger partial charge in [-0.3, -0.25) is 10.2 Å². The zero-order chi connectivity index (χ0) is 29.1. The molecule has 4 rings (SSSR count). The molecule has 0 aromatic heterocycles. The average molecular weight is 563 g/mol. The Balaban J connectivity index is 1.66. The van der Waals surface area contributed by atoms with Gasteiger partial charge in [-0.05, 0) is 53.8 Å². The molecule has 1 aliphatic carbocycles. The third-order valence-electron chi connectivity index (χ3n) is 7.53. The van der Waals surface area contributed by atoms with Gasteiger partial charge in [0.2, 0.25) is 5.90 Å². The van der Waals surface area contributed by atoms with Crippen molar-refractivity contribution in [2.24, 2.45) is 10.1 Å². The van der Waals surface area contributed by atoms with E-state index in [9.17, 15) is 9.90 Å². The molecule has 1 saturated carbocycles. The molecular weight excluding hydrogens is 524 g/mol. The number of aliphatic hydroxyl groups is 2. The largest absolute Gasteiger partial charge is 0.494 e. The smallest absolute Gasteiger partial charge is 0.266 e. The lowest BCUT2D eigenvalue weighted by atomic mass is 9.83. The van der Waals surface area contributed by atoms with Crippen LogP contribution in [-0.4, -0.2) is 52.9 Å². The molecule has 4 N–H and O–H groups in total. The minimum absolute atomic E-state index is 0.0485. The van der Waals surface area contributed by atoms with E-state index >= 15 is 0 Å². The number of azide groups is 1. The molecule has 0 unspecified atom stereocenters. The van der Waals surface area contributed by atoms with Crippen molar-refractivity contribution in [2.45, 2.75) is 68.7 Å². The lowest BCUT2D eigenvalue weighted by molar-refractivity contribution is -0.130. The summed E-state index contributed by atoms with van der Waals surface area (Å²) in [4.78, 5) is 21.8. The fourth-order valence-corrected chi connectivity index (χ4v) is 5.34. The first-order valence-corrected chi connectivity index (χ1v) is 14.0. The molecule has 2 aliphatic rings. The molecule has 0 bridgehead atoms. The van der Waals surface area contributed by atoms with Crippen molar-refractivity contribution in [1.82, 2.24) is 10.9 Å². The van der Waals surface area contributed by atoms with Crippen molar-refractivity contribution in [3.63, 3.8) is 0 Å². The standard InChI is InChI=1S/C30H38N6O5/c1-2-15-30(28(38)35-33-21-29(39)16-6-3-7-17-29)26(25-10-5-4-9-23(25)20-32-36-31)41-27(34-30)22-11-13-24(14-12-22)40-19-8-18-37/h2,4-5,9-14,26,33,37,39H,1,3,6-8,15-21H2,(H,35,38)/t26-,30-/m0/s1. The number of benzene rings is 2. The molecule has 2 aromatic carbocycles. The van der Waals surface area contributed by atoms with E-state index in [0.717, 1.165) is 19.3 Å². The lowest BCUT2D eigenvalue weighted by Crippen LogP contribution is -2.55. The van der Waals surface area contributed by atoms with Crippen LogP contribution < -0.4 is 15.6 Å². The first-order valence-electron chi connectivity index (χ1n) is 14.0. The monoisotopic (exact) mass is 562 g/mol. The number of nitrogens with one attached hydrogen (secondary N) is 2. The van der Waals surface area contributed by atoms with Crippen LogP contribution in [0.25, 0.3) is 10.4 Å². The molecule has 1 amide bonds. The third kappa shape index (κ3) is 7.25. The van der Waals surface area contributed by atoms with Crippen LogP contribution >= 0.6 is 0 Å². The van der Waals surface area contributed by atoms with E-state index in [4.69, 9.17) is 25.1 Å². The second kappa shape index (κ2) is 14.1. The van der Waals surface area contributed by atoms with E-state index in [1.807, 2.05) is 24.3 Å². The Kier molecular flexibility index (Phi) is 10.4. The van der Waals surface area contributed by atoms with E-state index < -0.39 is 23.2 Å². The van der Waals surface area contributed by atoms with Gasteiger partial charge in [-0.1, -0.05) is 54.7 Å². The highest BCUT2D eigenvalue weighted by atomic mass is 16.5. The predicted octanol–water partition coefficient (Wildman–Crippen LogP) is 4.41. The predicted molar refractivity (Wildman–Crippen MR) is 155 cm³/mol. The van der Waals surface area contributed by atoms with Crippen LogP contribution in [0, 0.1) is 0 Å². The quantitative estimate of drug-likeness (QED) is 0.0666. The van der Waals surface area contributed by atoms with Gasteiger partial charge in [0, 0.05) is 36.5 Å². The number of amides is 1. The Morgan fingerprint density at radius 3 is 2.68 bits per heavy atom. The normalized spacial score (nSPS) is 21.2. The van der Waals surface area contributed by atoms with Crippen LogP contribution in [0.4, 0.5) is 0 Å². The van der Waals surface area contributed by atoms with Gasteiger partial charge in [0.15, 0.2) is 11.6 Å². The molecule has 2 aromatic rings. The average Bonchev–Trinajstić information content (AvgIpc) is 3.37. The molecule has 11 heteroatoms. The molecule has 0 saturated heterocycles. The number of aliphatic hydroxyl groups excluding tert-OH is 1. The van der Waals surface area contributed by atoms with Crippen molar-refractivity contribution in [1.29, 1.82) is 0 Å². The van der Waals surface area contributed by atoms with Gasteiger partial charge >= 0.3 is 0 Å². The van der Waals surface area contributed by atoms with Gasteiger partial charge in [0.1, 0.15) is 5.75 Å². The van der Waals surface area contributed by atoms with Crippen LogP contribution in [-0.2, 0) is 16.1 Å². The fraction of sp³-hybridized carbons (Fsp3) is 0.467. The summed E-state index contributed by atoms with van der Waals surface area (Å²) in [5, 5.41) is 23.6. The van der Waals surface area contributed by atoms with E-state index in [2.05, 4.69) is 27.5 Å². The molecule has 1 aliphatic heterocycles. The molecular formula is C30H38N6O5. The lowest BCUT2D eigenvalue weighted by Gasteiger charge is -2.34. The van der Waals surface area contributed by atoms with Gasteiger partial charge in [-0.25, -0.2) is 10.4 Å². The second-order valence-electron chi connectivity index (χ2n) is 10.5. The van der Waals surface area contributed by atoms with Crippen molar-refractivity contribution in [3.8, 4) is 5.75 Å². The van der Waals surface area contributed by atoms with E-state index in [-0.39, 0.29) is 32.0 Å². The van der Waals surface area contributed by atoms with Crippen molar-refractivity contribution in [3.05, 3.63) is 88.3 Å². The van der Waals surface area contributed by atoms with Gasteiger partial charge in [0.05, 0.1) is 18.8 Å². The van der Waals surface area contributed by atoms with Gasteiger partial charge in [-0.2, -0.15) is 0 Å². The molecule has 11 nitrogen and oxygen atoms in total. The fourth-order valence-electron chi connectivity index (χ4n) is 5.34. The Labute approximate surface area is 239 Å². The van der Waals surface area contributed by atoms with Gasteiger partial charge in [-0.15, -0.1) is 6.58 Å². The SMILES string of the molecule is C=CC[C@]1(C(=O)NNCC2(O)CCCCC2)N=C(c2ccc(OCCCO)cc2)O[C@H]1c1ccccc1CN=[N+]=[N-]. The Morgan fingerprint density at radius 1 is 1.22 bits per heavy atom. The first-order chi connectivity index (χ1) is 19.9. The number of ether oxygens (including phenoxy) is 2. The number of nitrogens with zero attached hydrogens (tertiary/aromatic N) is 4. The minimum atomic E-state index is -1.43. The Hall–Kier alpha value is -3.89. The number of carbonyl (C=O) groups is 1. The van der Waals surface area contributed by atoms with Crippen LogP contribution in [0.1, 0.15) is 67.7 Å². The highest BCUT2D eigenvalue weighted by Crippen LogP contribution is 2.44. The molecule has 1 fully saturated rings. The summed E-state index contributed by atoms with van der Waals surface area (Å²) >= 11 is 0. The van der Waals surface area contributed by atoms with Crippen LogP contribution in [0.2, 0.25) is 0 Å². The van der Waals surface area contributed by atoms with Crippen molar-refractivity contribution in [2.75, 3.05) is 19.8 Å². The zero-order valence-corrected chi connectivity index (χ0v) is 23.2. The van der Waals surface area contributed by atoms with Gasteiger partial charge in [0.25, 0.3) is 5.91 Å². The summed E-state index contributed by atoms with van der Waals surface area (Å²) < 4.78 is 12.1. The minimum Gasteiger partial charge on any atom is -0.494 e. The number of hydrazine groups is 1. The van der Waals surface area contributed by atoms with Crippen LogP contribution in [0.3, 0.4) is 0 Å². The molecule has 2 atom stereocenters. The van der Waals surface area contributed by atoms with E-state index in [1.165, 1.54) is 0 Å². The zero-order valence-electron chi connectivity index (χ0n) is 23.2. The summed E-state index contributed by atoms with van der Waals surface area (Å²) in [6, 6.07) is 14.5. The van der Waals surface area contributed by atoms with Crippen molar-refractivity contribution < 1.29 is 24.5 Å². The molecule has 0 spiro atoms. The second-order valence-corrected chi connectivity index (χ2v) is 10.5. The van der Waals surface area contributed by atoms with Crippen molar-refractivity contribution >= 4 is 11.8 Å². The maximum atomic E-state index is 14.0. The summed E-state index contributed by atoms with van der Waals surface area (Å²) in [5.74, 6) is 0.481.